The van der Waals surface area contributed by atoms with Crippen molar-refractivity contribution in [3.8, 4) is 0 Å². The van der Waals surface area contributed by atoms with E-state index >= 15 is 0 Å². The molecule has 0 radical (unpaired) electrons. The van der Waals surface area contributed by atoms with E-state index in [2.05, 4.69) is 20.8 Å². The summed E-state index contributed by atoms with van der Waals surface area (Å²) in [6.07, 6.45) is 2.10. The van der Waals surface area contributed by atoms with Crippen LogP contribution in [-0.4, -0.2) is 39.1 Å². The Hall–Kier alpha value is -2.62. The van der Waals surface area contributed by atoms with Gasteiger partial charge in [-0.3, -0.25) is 4.79 Å². The summed E-state index contributed by atoms with van der Waals surface area (Å²) in [5.41, 5.74) is 1.47. The zero-order chi connectivity index (χ0) is 22.3. The molecule has 4 rings (SSSR count). The lowest BCUT2D eigenvalue weighted by molar-refractivity contribution is -0.113. The van der Waals surface area contributed by atoms with E-state index in [1.165, 1.54) is 23.9 Å². The van der Waals surface area contributed by atoms with Crippen LogP contribution in [0.2, 0.25) is 5.02 Å². The summed E-state index contributed by atoms with van der Waals surface area (Å²) in [5.74, 6) is 0.491. The average molecular weight is 476 g/mol. The molecule has 2 aromatic carbocycles. The van der Waals surface area contributed by atoms with Crippen LogP contribution in [0.5, 0.6) is 0 Å². The standard InChI is InChI=1S/C22H23ClFN5O2S/c23-15-3-7-18(8-4-15)26-21(30)14-32-22-28-27-20(29(22)13-19-2-1-11-31-19)12-25-17-9-5-16(24)6-10-17/h3-10,19,25H,1-2,11-14H2,(H,26,30)/t19-/m0/s1. The number of hydrogen-bond donors (Lipinski definition) is 2. The number of benzene rings is 2. The van der Waals surface area contributed by atoms with Gasteiger partial charge < -0.3 is 19.9 Å². The highest BCUT2D eigenvalue weighted by Gasteiger charge is 2.21. The van der Waals surface area contributed by atoms with Crippen molar-refractivity contribution < 1.29 is 13.9 Å². The Labute approximate surface area is 194 Å². The van der Waals surface area contributed by atoms with Crippen molar-refractivity contribution in [2.75, 3.05) is 23.0 Å². The number of anilines is 2. The van der Waals surface area contributed by atoms with E-state index in [9.17, 15) is 9.18 Å². The van der Waals surface area contributed by atoms with Crippen LogP contribution in [0.3, 0.4) is 0 Å². The Balaban J connectivity index is 1.41. The van der Waals surface area contributed by atoms with Gasteiger partial charge in [0.15, 0.2) is 11.0 Å². The molecule has 168 valence electrons. The topological polar surface area (TPSA) is 81.1 Å². The summed E-state index contributed by atoms with van der Waals surface area (Å²) in [5, 5.41) is 16.0. The minimum Gasteiger partial charge on any atom is -0.378 e. The second-order valence-corrected chi connectivity index (χ2v) is 8.73. The van der Waals surface area contributed by atoms with Crippen LogP contribution in [0.15, 0.2) is 53.7 Å². The van der Waals surface area contributed by atoms with E-state index in [0.29, 0.717) is 29.0 Å². The molecule has 0 saturated carbocycles. The summed E-state index contributed by atoms with van der Waals surface area (Å²) >= 11 is 7.21. The minimum absolute atomic E-state index is 0.0952. The molecule has 0 bridgehead atoms. The van der Waals surface area contributed by atoms with Crippen LogP contribution in [0, 0.1) is 5.82 Å². The largest absolute Gasteiger partial charge is 0.378 e. The number of ether oxygens (including phenoxy) is 1. The van der Waals surface area contributed by atoms with E-state index in [1.807, 2.05) is 4.57 Å². The van der Waals surface area contributed by atoms with Gasteiger partial charge >= 0.3 is 0 Å². The Morgan fingerprint density at radius 3 is 2.62 bits per heavy atom. The number of nitrogens with one attached hydrogen (secondary N) is 2. The summed E-state index contributed by atoms with van der Waals surface area (Å²) in [7, 11) is 0. The van der Waals surface area contributed by atoms with E-state index in [0.717, 1.165) is 31.0 Å². The van der Waals surface area contributed by atoms with E-state index in [4.69, 9.17) is 16.3 Å². The number of aromatic nitrogens is 3. The van der Waals surface area contributed by atoms with Crippen molar-refractivity contribution in [3.05, 3.63) is 65.2 Å². The van der Waals surface area contributed by atoms with Gasteiger partial charge in [-0.25, -0.2) is 4.39 Å². The van der Waals surface area contributed by atoms with Gasteiger partial charge in [0.1, 0.15) is 5.82 Å². The first-order chi connectivity index (χ1) is 15.6. The predicted molar refractivity (Wildman–Crippen MR) is 124 cm³/mol. The zero-order valence-electron chi connectivity index (χ0n) is 17.3. The molecular formula is C22H23ClFN5O2S. The molecule has 1 atom stereocenters. The number of amides is 1. The Bertz CT molecular complexity index is 1040. The molecule has 1 aromatic heterocycles. The van der Waals surface area contributed by atoms with Crippen LogP contribution < -0.4 is 10.6 Å². The molecule has 0 aliphatic carbocycles. The minimum atomic E-state index is -0.285. The highest BCUT2D eigenvalue weighted by molar-refractivity contribution is 7.99. The van der Waals surface area contributed by atoms with Crippen LogP contribution in [-0.2, 0) is 22.6 Å². The molecule has 0 unspecified atom stereocenters. The number of thioether (sulfide) groups is 1. The molecule has 7 nitrogen and oxygen atoms in total. The predicted octanol–water partition coefficient (Wildman–Crippen LogP) is 4.59. The highest BCUT2D eigenvalue weighted by atomic mass is 35.5. The molecule has 10 heteroatoms. The average Bonchev–Trinajstić information content (AvgIpc) is 3.44. The lowest BCUT2D eigenvalue weighted by Gasteiger charge is -2.15. The highest BCUT2D eigenvalue weighted by Crippen LogP contribution is 2.23. The van der Waals surface area contributed by atoms with Crippen LogP contribution in [0.25, 0.3) is 0 Å². The quantitative estimate of drug-likeness (QED) is 0.440. The van der Waals surface area contributed by atoms with Gasteiger partial charge in [0.25, 0.3) is 0 Å². The smallest absolute Gasteiger partial charge is 0.234 e. The summed E-state index contributed by atoms with van der Waals surface area (Å²) < 4.78 is 20.9. The lowest BCUT2D eigenvalue weighted by Crippen LogP contribution is -2.20. The van der Waals surface area contributed by atoms with Crippen LogP contribution in [0.4, 0.5) is 15.8 Å². The first kappa shape index (κ1) is 22.6. The van der Waals surface area contributed by atoms with Crippen molar-refractivity contribution in [1.29, 1.82) is 0 Å². The molecular weight excluding hydrogens is 453 g/mol. The maximum Gasteiger partial charge on any atom is 0.234 e. The third-order valence-electron chi connectivity index (χ3n) is 4.96. The molecule has 2 heterocycles. The molecule has 1 fully saturated rings. The van der Waals surface area contributed by atoms with Gasteiger partial charge in [-0.2, -0.15) is 0 Å². The van der Waals surface area contributed by atoms with Crippen molar-refractivity contribution >= 4 is 40.6 Å². The summed E-state index contributed by atoms with van der Waals surface area (Å²) in [6.45, 7) is 1.79. The van der Waals surface area contributed by atoms with Crippen LogP contribution >= 0.6 is 23.4 Å². The van der Waals surface area contributed by atoms with Gasteiger partial charge in [-0.1, -0.05) is 23.4 Å². The lowest BCUT2D eigenvalue weighted by atomic mass is 10.2. The normalized spacial score (nSPS) is 15.6. The summed E-state index contributed by atoms with van der Waals surface area (Å²) in [6, 6.07) is 13.1. The fourth-order valence-corrected chi connectivity index (χ4v) is 4.23. The first-order valence-corrected chi connectivity index (χ1v) is 11.6. The second-order valence-electron chi connectivity index (χ2n) is 7.35. The monoisotopic (exact) mass is 475 g/mol. The fraction of sp³-hybridized carbons (Fsp3) is 0.318. The molecule has 0 spiro atoms. The molecule has 2 N–H and O–H groups in total. The molecule has 1 aliphatic heterocycles. The van der Waals surface area contributed by atoms with Crippen molar-refractivity contribution in [2.45, 2.75) is 37.2 Å². The number of rotatable bonds is 9. The zero-order valence-corrected chi connectivity index (χ0v) is 18.8. The van der Waals surface area contributed by atoms with E-state index in [-0.39, 0.29) is 23.6 Å². The molecule has 1 amide bonds. The summed E-state index contributed by atoms with van der Waals surface area (Å²) in [4.78, 5) is 12.4. The number of carbonyl (C=O) groups is 1. The molecule has 32 heavy (non-hydrogen) atoms. The SMILES string of the molecule is O=C(CSc1nnc(CNc2ccc(F)cc2)n1C[C@@H]1CCCO1)Nc1ccc(Cl)cc1. The second kappa shape index (κ2) is 10.8. The maximum absolute atomic E-state index is 13.1. The third-order valence-corrected chi connectivity index (χ3v) is 6.18. The van der Waals surface area contributed by atoms with Crippen LogP contribution in [0.1, 0.15) is 18.7 Å². The van der Waals surface area contributed by atoms with Gasteiger partial charge in [-0.15, -0.1) is 10.2 Å². The van der Waals surface area contributed by atoms with Crippen molar-refractivity contribution in [1.82, 2.24) is 14.8 Å². The molecule has 3 aromatic rings. The van der Waals surface area contributed by atoms with Gasteiger partial charge in [0.2, 0.25) is 5.91 Å². The first-order valence-electron chi connectivity index (χ1n) is 10.3. The van der Waals surface area contributed by atoms with Gasteiger partial charge in [0.05, 0.1) is 24.9 Å². The number of carbonyl (C=O) groups excluding carboxylic acids is 1. The molecule has 1 saturated heterocycles. The van der Waals surface area contributed by atoms with Gasteiger partial charge in [0, 0.05) is 23.0 Å². The Morgan fingerprint density at radius 2 is 1.91 bits per heavy atom. The third kappa shape index (κ3) is 6.21. The van der Waals surface area contributed by atoms with E-state index < -0.39 is 0 Å². The molecule has 1 aliphatic rings. The fourth-order valence-electron chi connectivity index (χ4n) is 3.34. The Morgan fingerprint density at radius 1 is 1.16 bits per heavy atom. The number of nitrogens with zero attached hydrogens (tertiary/aromatic N) is 3. The Kier molecular flexibility index (Phi) is 7.62. The maximum atomic E-state index is 13.1. The number of halogens is 2. The van der Waals surface area contributed by atoms with Gasteiger partial charge in [-0.05, 0) is 61.4 Å². The van der Waals surface area contributed by atoms with E-state index in [1.54, 1.807) is 36.4 Å². The van der Waals surface area contributed by atoms with Crippen molar-refractivity contribution in [2.24, 2.45) is 0 Å². The van der Waals surface area contributed by atoms with Crippen molar-refractivity contribution in [3.63, 3.8) is 0 Å². The number of hydrogen-bond acceptors (Lipinski definition) is 6.